The Labute approximate surface area is 209 Å². The summed E-state index contributed by atoms with van der Waals surface area (Å²) in [6.07, 6.45) is 7.66. The minimum Gasteiger partial charge on any atom is -0.507 e. The maximum atomic E-state index is 11.3. The highest BCUT2D eigenvalue weighted by Gasteiger charge is 2.21. The Morgan fingerprint density at radius 1 is 0.727 bits per heavy atom. The second-order valence-corrected chi connectivity index (χ2v) is 12.2. The SMILES string of the molecule is Oc1c(CN2CCCCC2)cc(-c2ssc(=S)c2-c2ccccc2)cc1CN1CCCCC1. The Bertz CT molecular complexity index is 1080. The van der Waals surface area contributed by atoms with E-state index in [0.717, 1.165) is 54.2 Å². The molecule has 3 aromatic rings. The third-order valence-corrected chi connectivity index (χ3v) is 9.98. The highest BCUT2D eigenvalue weighted by Crippen LogP contribution is 2.43. The van der Waals surface area contributed by atoms with E-state index >= 15 is 0 Å². The number of hydrogen-bond acceptors (Lipinski definition) is 6. The van der Waals surface area contributed by atoms with Crippen LogP contribution in [0.5, 0.6) is 5.75 Å². The van der Waals surface area contributed by atoms with E-state index in [2.05, 4.69) is 52.3 Å². The lowest BCUT2D eigenvalue weighted by molar-refractivity contribution is 0.213. The van der Waals surface area contributed by atoms with Crippen LogP contribution < -0.4 is 0 Å². The predicted molar refractivity (Wildman–Crippen MR) is 144 cm³/mol. The van der Waals surface area contributed by atoms with E-state index in [0.29, 0.717) is 5.75 Å². The molecule has 33 heavy (non-hydrogen) atoms. The molecule has 2 fully saturated rings. The van der Waals surface area contributed by atoms with Crippen molar-refractivity contribution in [1.29, 1.82) is 0 Å². The standard InChI is InChI=1S/C27H32N2OS3/c30-25-22(18-28-12-6-2-7-13-28)16-21(17-23(25)19-29-14-8-3-9-15-29)26-24(27(31)33-32-26)20-10-4-1-5-11-20/h1,4-5,10-11,16-17,30H,2-3,6-9,12-15,18-19H2. The first kappa shape index (κ1) is 23.2. The van der Waals surface area contributed by atoms with Gasteiger partial charge in [-0.2, -0.15) is 0 Å². The van der Waals surface area contributed by atoms with E-state index < -0.39 is 0 Å². The van der Waals surface area contributed by atoms with Crippen molar-refractivity contribution in [3.8, 4) is 27.3 Å². The van der Waals surface area contributed by atoms with Crippen LogP contribution in [0.4, 0.5) is 0 Å². The van der Waals surface area contributed by atoms with Crippen molar-refractivity contribution < 1.29 is 5.11 Å². The lowest BCUT2D eigenvalue weighted by Crippen LogP contribution is -2.30. The molecule has 2 aliphatic heterocycles. The molecule has 0 bridgehead atoms. The molecule has 0 atom stereocenters. The van der Waals surface area contributed by atoms with Gasteiger partial charge in [-0.3, -0.25) is 9.80 Å². The summed E-state index contributed by atoms with van der Waals surface area (Å²) in [7, 11) is 3.45. The zero-order chi connectivity index (χ0) is 22.6. The fraction of sp³-hybridized carbons (Fsp3) is 0.444. The monoisotopic (exact) mass is 496 g/mol. The lowest BCUT2D eigenvalue weighted by Gasteiger charge is -2.29. The van der Waals surface area contributed by atoms with Gasteiger partial charge in [-0.25, -0.2) is 0 Å². The number of phenols is 1. The molecule has 174 valence electrons. The second-order valence-electron chi connectivity index (χ2n) is 9.34. The van der Waals surface area contributed by atoms with E-state index in [-0.39, 0.29) is 0 Å². The van der Waals surface area contributed by atoms with E-state index in [1.807, 2.05) is 0 Å². The van der Waals surface area contributed by atoms with Gasteiger partial charge in [0.1, 0.15) is 9.57 Å². The molecule has 0 amide bonds. The zero-order valence-electron chi connectivity index (χ0n) is 19.1. The number of likely N-dealkylation sites (tertiary alicyclic amines) is 2. The van der Waals surface area contributed by atoms with Crippen molar-refractivity contribution in [1.82, 2.24) is 9.80 Å². The number of aromatic hydroxyl groups is 1. The van der Waals surface area contributed by atoms with Gasteiger partial charge in [0.15, 0.2) is 0 Å². The predicted octanol–water partition coefficient (Wildman–Crippen LogP) is 7.55. The molecule has 2 aliphatic rings. The van der Waals surface area contributed by atoms with Crippen LogP contribution >= 0.6 is 32.9 Å². The van der Waals surface area contributed by atoms with Crippen LogP contribution in [0.2, 0.25) is 0 Å². The van der Waals surface area contributed by atoms with Gasteiger partial charge in [0, 0.05) is 29.8 Å². The maximum Gasteiger partial charge on any atom is 0.124 e. The van der Waals surface area contributed by atoms with Gasteiger partial charge in [-0.05, 0) is 75.1 Å². The van der Waals surface area contributed by atoms with Crippen LogP contribution in [0, 0.1) is 3.82 Å². The first-order valence-corrected chi connectivity index (χ1v) is 14.7. The zero-order valence-corrected chi connectivity index (χ0v) is 21.5. The molecule has 0 saturated carbocycles. The molecule has 0 radical (unpaired) electrons. The average molecular weight is 497 g/mol. The van der Waals surface area contributed by atoms with Gasteiger partial charge in [-0.1, -0.05) is 76.1 Å². The van der Waals surface area contributed by atoms with E-state index in [1.54, 1.807) is 20.7 Å². The Morgan fingerprint density at radius 3 is 1.82 bits per heavy atom. The minimum atomic E-state index is 0.495. The number of nitrogens with zero attached hydrogens (tertiary/aromatic N) is 2. The molecule has 0 spiro atoms. The highest BCUT2D eigenvalue weighted by atomic mass is 32.9. The molecule has 5 rings (SSSR count). The average Bonchev–Trinajstić information content (AvgIpc) is 3.25. The molecule has 1 N–H and O–H groups in total. The van der Waals surface area contributed by atoms with Gasteiger partial charge in [-0.15, -0.1) is 0 Å². The Hall–Kier alpha value is -1.57. The van der Waals surface area contributed by atoms with Crippen molar-refractivity contribution in [3.05, 3.63) is 57.4 Å². The van der Waals surface area contributed by atoms with Gasteiger partial charge >= 0.3 is 0 Å². The summed E-state index contributed by atoms with van der Waals surface area (Å²) in [4.78, 5) is 6.23. The van der Waals surface area contributed by atoms with Gasteiger partial charge in [0.2, 0.25) is 0 Å². The van der Waals surface area contributed by atoms with Crippen LogP contribution in [0.1, 0.15) is 49.7 Å². The smallest absolute Gasteiger partial charge is 0.124 e. The molecule has 0 unspecified atom stereocenters. The van der Waals surface area contributed by atoms with E-state index in [9.17, 15) is 5.11 Å². The summed E-state index contributed by atoms with van der Waals surface area (Å²) < 4.78 is 0.949. The Morgan fingerprint density at radius 2 is 1.27 bits per heavy atom. The molecule has 1 aromatic heterocycles. The van der Waals surface area contributed by atoms with Crippen molar-refractivity contribution in [2.45, 2.75) is 51.6 Å². The Kier molecular flexibility index (Phi) is 7.58. The molecule has 3 heterocycles. The van der Waals surface area contributed by atoms with Crippen LogP contribution in [0.25, 0.3) is 21.6 Å². The van der Waals surface area contributed by atoms with Crippen molar-refractivity contribution in [2.24, 2.45) is 0 Å². The summed E-state index contributed by atoms with van der Waals surface area (Å²) in [6.45, 7) is 6.14. The molecule has 3 nitrogen and oxygen atoms in total. The topological polar surface area (TPSA) is 26.7 Å². The highest BCUT2D eigenvalue weighted by molar-refractivity contribution is 7.80. The lowest BCUT2D eigenvalue weighted by atomic mass is 9.97. The molecule has 2 saturated heterocycles. The van der Waals surface area contributed by atoms with Gasteiger partial charge in [0.05, 0.1) is 4.88 Å². The fourth-order valence-electron chi connectivity index (χ4n) is 5.15. The van der Waals surface area contributed by atoms with Crippen LogP contribution in [0.3, 0.4) is 0 Å². The van der Waals surface area contributed by atoms with Crippen molar-refractivity contribution >= 4 is 32.9 Å². The fourth-order valence-corrected chi connectivity index (χ4v) is 8.05. The third kappa shape index (κ3) is 5.41. The first-order chi connectivity index (χ1) is 16.2. The number of rotatable bonds is 6. The van der Waals surface area contributed by atoms with Crippen molar-refractivity contribution in [2.75, 3.05) is 26.2 Å². The number of hydrogen-bond donors (Lipinski definition) is 1. The molecular weight excluding hydrogens is 465 g/mol. The quantitative estimate of drug-likeness (QED) is 0.281. The summed E-state index contributed by atoms with van der Waals surface area (Å²) in [5, 5.41) is 11.3. The third-order valence-electron chi connectivity index (χ3n) is 6.91. The molecule has 2 aromatic carbocycles. The van der Waals surface area contributed by atoms with Crippen molar-refractivity contribution in [3.63, 3.8) is 0 Å². The largest absolute Gasteiger partial charge is 0.507 e. The normalized spacial score (nSPS) is 17.9. The number of benzene rings is 2. The second kappa shape index (κ2) is 10.8. The number of phenolic OH excluding ortho intramolecular Hbond substituents is 1. The van der Waals surface area contributed by atoms with Crippen LogP contribution in [0.15, 0.2) is 42.5 Å². The molecule has 6 heteroatoms. The van der Waals surface area contributed by atoms with Gasteiger partial charge < -0.3 is 5.11 Å². The summed E-state index contributed by atoms with van der Waals surface area (Å²) in [5.41, 5.74) is 5.66. The Balaban J connectivity index is 1.56. The van der Waals surface area contributed by atoms with Crippen LogP contribution in [-0.2, 0) is 13.1 Å². The van der Waals surface area contributed by atoms with E-state index in [1.165, 1.54) is 60.1 Å². The summed E-state index contributed by atoms with van der Waals surface area (Å²) in [6, 6.07) is 15.0. The minimum absolute atomic E-state index is 0.495. The number of piperidine rings is 2. The maximum absolute atomic E-state index is 11.3. The van der Waals surface area contributed by atoms with Gasteiger partial charge in [0.25, 0.3) is 0 Å². The molecule has 0 aliphatic carbocycles. The molecular formula is C27H32N2OS3. The van der Waals surface area contributed by atoms with E-state index in [4.69, 9.17) is 12.2 Å². The summed E-state index contributed by atoms with van der Waals surface area (Å²) >= 11 is 5.77. The first-order valence-electron chi connectivity index (χ1n) is 12.2. The van der Waals surface area contributed by atoms with Crippen LogP contribution in [-0.4, -0.2) is 41.1 Å². The summed E-state index contributed by atoms with van der Waals surface area (Å²) in [5.74, 6) is 0.495.